The first-order valence-electron chi connectivity index (χ1n) is 10.1. The number of fused-ring (bicyclic) bond motifs is 1. The van der Waals surface area contributed by atoms with Gasteiger partial charge in [0.05, 0.1) is 12.1 Å². The summed E-state index contributed by atoms with van der Waals surface area (Å²) in [5, 5.41) is 3.38. The van der Waals surface area contributed by atoms with E-state index in [2.05, 4.69) is 47.5 Å². The van der Waals surface area contributed by atoms with Crippen LogP contribution in [0.3, 0.4) is 0 Å². The molecule has 27 heavy (non-hydrogen) atoms. The van der Waals surface area contributed by atoms with Gasteiger partial charge in [0.1, 0.15) is 11.5 Å². The van der Waals surface area contributed by atoms with Gasteiger partial charge in [-0.3, -0.25) is 9.69 Å². The van der Waals surface area contributed by atoms with Crippen LogP contribution in [-0.2, 0) is 26.1 Å². The molecule has 4 heteroatoms. The van der Waals surface area contributed by atoms with Gasteiger partial charge < -0.3 is 9.73 Å². The number of nitrogens with zero attached hydrogens (tertiary/aromatic N) is 1. The molecule has 1 saturated heterocycles. The van der Waals surface area contributed by atoms with Gasteiger partial charge in [-0.2, -0.15) is 0 Å². The van der Waals surface area contributed by atoms with E-state index in [4.69, 9.17) is 4.42 Å². The molecule has 2 aliphatic heterocycles. The summed E-state index contributed by atoms with van der Waals surface area (Å²) in [5.41, 5.74) is 3.55. The first kappa shape index (κ1) is 18.2. The van der Waals surface area contributed by atoms with Crippen molar-refractivity contribution in [3.05, 3.63) is 74.8 Å². The smallest absolute Gasteiger partial charge is 0.192 e. The zero-order valence-electron chi connectivity index (χ0n) is 16.0. The predicted molar refractivity (Wildman–Crippen MR) is 108 cm³/mol. The van der Waals surface area contributed by atoms with Crippen LogP contribution < -0.4 is 10.7 Å². The molecular weight excluding hydrogens is 336 g/mol. The van der Waals surface area contributed by atoms with E-state index < -0.39 is 0 Å². The Morgan fingerprint density at radius 3 is 2.56 bits per heavy atom. The van der Waals surface area contributed by atoms with Gasteiger partial charge in [-0.1, -0.05) is 43.3 Å². The molecule has 0 unspecified atom stereocenters. The topological polar surface area (TPSA) is 45.5 Å². The third-order valence-corrected chi connectivity index (χ3v) is 5.64. The van der Waals surface area contributed by atoms with Crippen LogP contribution in [0.25, 0.3) is 6.08 Å². The van der Waals surface area contributed by atoms with Crippen LogP contribution in [0.4, 0.5) is 0 Å². The first-order valence-corrected chi connectivity index (χ1v) is 10.1. The van der Waals surface area contributed by atoms with E-state index in [1.54, 1.807) is 6.07 Å². The van der Waals surface area contributed by atoms with E-state index >= 15 is 0 Å². The zero-order chi connectivity index (χ0) is 18.6. The normalized spacial score (nSPS) is 18.3. The van der Waals surface area contributed by atoms with Gasteiger partial charge in [-0.15, -0.1) is 0 Å². The Morgan fingerprint density at radius 2 is 1.89 bits per heavy atom. The molecule has 1 aromatic heterocycles. The monoisotopic (exact) mass is 364 g/mol. The average molecular weight is 364 g/mol. The summed E-state index contributed by atoms with van der Waals surface area (Å²) in [5.74, 6) is 2.13. The summed E-state index contributed by atoms with van der Waals surface area (Å²) in [6.07, 6.45) is 7.20. The summed E-state index contributed by atoms with van der Waals surface area (Å²) in [6.45, 7) is 6.67. The highest BCUT2D eigenvalue weighted by Crippen LogP contribution is 2.24. The number of rotatable bonds is 5. The Balaban J connectivity index is 1.50. The van der Waals surface area contributed by atoms with E-state index in [1.807, 2.05) is 6.08 Å². The van der Waals surface area contributed by atoms with Gasteiger partial charge >= 0.3 is 0 Å². The van der Waals surface area contributed by atoms with Gasteiger partial charge in [-0.25, -0.2) is 0 Å². The number of allylic oxidation sites excluding steroid dienone is 1. The SMILES string of the molecule is CCc1oc(CN2Cc3ccccc3C2)cc(=O)c1/C=C/C1CCNCC1. The lowest BCUT2D eigenvalue weighted by molar-refractivity contribution is 0.244. The standard InChI is InChI=1S/C23H28N2O2/c1-2-23-21(8-7-17-9-11-24-12-10-17)22(26)13-20(27-23)16-25-14-18-5-3-4-6-19(18)15-25/h3-8,13,17,24H,2,9-12,14-16H2,1H3/b8-7+. The van der Waals surface area contributed by atoms with E-state index in [1.165, 1.54) is 11.1 Å². The van der Waals surface area contributed by atoms with Crippen LogP contribution in [0, 0.1) is 5.92 Å². The predicted octanol–water partition coefficient (Wildman–Crippen LogP) is 3.73. The maximum Gasteiger partial charge on any atom is 0.192 e. The van der Waals surface area contributed by atoms with Crippen molar-refractivity contribution in [1.82, 2.24) is 10.2 Å². The highest BCUT2D eigenvalue weighted by atomic mass is 16.3. The molecule has 0 radical (unpaired) electrons. The molecule has 2 aliphatic rings. The van der Waals surface area contributed by atoms with Crippen molar-refractivity contribution in [1.29, 1.82) is 0 Å². The minimum absolute atomic E-state index is 0.0787. The summed E-state index contributed by atoms with van der Waals surface area (Å²) >= 11 is 0. The van der Waals surface area contributed by atoms with Crippen molar-refractivity contribution >= 4 is 6.08 Å². The van der Waals surface area contributed by atoms with Crippen molar-refractivity contribution in [2.24, 2.45) is 5.92 Å². The summed E-state index contributed by atoms with van der Waals surface area (Å²) in [4.78, 5) is 15.1. The number of piperidine rings is 1. The summed E-state index contributed by atoms with van der Waals surface area (Å²) in [6, 6.07) is 10.2. The molecule has 0 amide bonds. The quantitative estimate of drug-likeness (QED) is 0.878. The van der Waals surface area contributed by atoms with Crippen LogP contribution in [0.2, 0.25) is 0 Å². The van der Waals surface area contributed by atoms with Crippen LogP contribution in [0.15, 0.2) is 45.6 Å². The van der Waals surface area contributed by atoms with Crippen molar-refractivity contribution in [3.8, 4) is 0 Å². The number of benzene rings is 1. The molecule has 0 aliphatic carbocycles. The van der Waals surface area contributed by atoms with Crippen molar-refractivity contribution in [2.45, 2.75) is 45.8 Å². The van der Waals surface area contributed by atoms with Crippen LogP contribution in [0.1, 0.15) is 48.0 Å². The molecule has 1 aromatic carbocycles. The Kier molecular flexibility index (Phi) is 5.55. The summed E-state index contributed by atoms with van der Waals surface area (Å²) in [7, 11) is 0. The second-order valence-corrected chi connectivity index (χ2v) is 7.63. The maximum absolute atomic E-state index is 12.7. The highest BCUT2D eigenvalue weighted by Gasteiger charge is 2.20. The van der Waals surface area contributed by atoms with E-state index in [0.717, 1.165) is 62.5 Å². The number of hydrogen-bond acceptors (Lipinski definition) is 4. The second-order valence-electron chi connectivity index (χ2n) is 7.63. The van der Waals surface area contributed by atoms with Crippen LogP contribution in [-0.4, -0.2) is 18.0 Å². The fourth-order valence-electron chi connectivity index (χ4n) is 4.12. The Hall–Kier alpha value is -2.17. The molecule has 0 saturated carbocycles. The van der Waals surface area contributed by atoms with E-state index in [0.29, 0.717) is 12.5 Å². The number of hydrogen-bond donors (Lipinski definition) is 1. The third-order valence-electron chi connectivity index (χ3n) is 5.64. The lowest BCUT2D eigenvalue weighted by atomic mass is 9.96. The second kappa shape index (κ2) is 8.24. The molecule has 2 aromatic rings. The van der Waals surface area contributed by atoms with Gasteiger partial charge in [0.15, 0.2) is 5.43 Å². The minimum Gasteiger partial charge on any atom is -0.464 e. The molecule has 0 bridgehead atoms. The number of nitrogens with one attached hydrogen (secondary N) is 1. The molecular formula is C23H28N2O2. The van der Waals surface area contributed by atoms with Crippen molar-refractivity contribution in [2.75, 3.05) is 13.1 Å². The molecule has 4 rings (SSSR count). The van der Waals surface area contributed by atoms with E-state index in [9.17, 15) is 4.79 Å². The van der Waals surface area contributed by atoms with Gasteiger partial charge in [0, 0.05) is 25.6 Å². The fraction of sp³-hybridized carbons (Fsp3) is 0.435. The lowest BCUT2D eigenvalue weighted by Gasteiger charge is -2.19. The van der Waals surface area contributed by atoms with Crippen molar-refractivity contribution < 1.29 is 4.42 Å². The maximum atomic E-state index is 12.7. The molecule has 4 nitrogen and oxygen atoms in total. The fourth-order valence-corrected chi connectivity index (χ4v) is 4.12. The first-order chi connectivity index (χ1) is 13.2. The molecule has 0 spiro atoms. The molecule has 1 fully saturated rings. The lowest BCUT2D eigenvalue weighted by Crippen LogP contribution is -2.26. The minimum atomic E-state index is 0.0787. The molecule has 142 valence electrons. The van der Waals surface area contributed by atoms with Gasteiger partial charge in [0.25, 0.3) is 0 Å². The molecule has 0 atom stereocenters. The largest absolute Gasteiger partial charge is 0.464 e. The van der Waals surface area contributed by atoms with E-state index in [-0.39, 0.29) is 5.43 Å². The number of aryl methyl sites for hydroxylation is 1. The molecule has 1 N–H and O–H groups in total. The Morgan fingerprint density at radius 1 is 1.19 bits per heavy atom. The Bertz CT molecular complexity index is 853. The van der Waals surface area contributed by atoms with Gasteiger partial charge in [0.2, 0.25) is 0 Å². The summed E-state index contributed by atoms with van der Waals surface area (Å²) < 4.78 is 6.13. The van der Waals surface area contributed by atoms with Crippen LogP contribution >= 0.6 is 0 Å². The van der Waals surface area contributed by atoms with Crippen LogP contribution in [0.5, 0.6) is 0 Å². The zero-order valence-corrected chi connectivity index (χ0v) is 16.0. The Labute approximate surface area is 160 Å². The third kappa shape index (κ3) is 4.23. The highest BCUT2D eigenvalue weighted by molar-refractivity contribution is 5.51. The average Bonchev–Trinajstić information content (AvgIpc) is 3.09. The van der Waals surface area contributed by atoms with Gasteiger partial charge in [-0.05, 0) is 43.0 Å². The molecule has 3 heterocycles. The van der Waals surface area contributed by atoms with Crippen molar-refractivity contribution in [3.63, 3.8) is 0 Å².